The molecule has 0 bridgehead atoms. The van der Waals surface area contributed by atoms with Crippen molar-refractivity contribution in [1.29, 1.82) is 0 Å². The Morgan fingerprint density at radius 2 is 2.16 bits per heavy atom. The summed E-state index contributed by atoms with van der Waals surface area (Å²) in [4.78, 5) is 30.2. The quantitative estimate of drug-likeness (QED) is 0.874. The van der Waals surface area contributed by atoms with Crippen molar-refractivity contribution in [2.75, 3.05) is 30.3 Å². The van der Waals surface area contributed by atoms with E-state index in [2.05, 4.69) is 26.8 Å². The lowest BCUT2D eigenvalue weighted by Gasteiger charge is -2.42. The maximum absolute atomic E-state index is 12.4. The van der Waals surface area contributed by atoms with E-state index in [1.54, 1.807) is 10.4 Å². The summed E-state index contributed by atoms with van der Waals surface area (Å²) in [5.74, 6) is 0.996. The van der Waals surface area contributed by atoms with E-state index in [1.807, 2.05) is 20.8 Å². The van der Waals surface area contributed by atoms with Gasteiger partial charge in [0.15, 0.2) is 10.6 Å². The van der Waals surface area contributed by atoms with Gasteiger partial charge in [-0.3, -0.25) is 0 Å². The Morgan fingerprint density at radius 1 is 1.40 bits per heavy atom. The molecule has 3 rings (SSSR count). The Morgan fingerprint density at radius 3 is 2.84 bits per heavy atom. The van der Waals surface area contributed by atoms with E-state index in [4.69, 9.17) is 10.5 Å². The monoisotopic (exact) mass is 364 g/mol. The molecule has 1 aliphatic rings. The molecule has 0 aliphatic carbocycles. The van der Waals surface area contributed by atoms with Crippen molar-refractivity contribution < 1.29 is 9.53 Å². The third-order valence-corrected chi connectivity index (χ3v) is 4.79. The zero-order valence-corrected chi connectivity index (χ0v) is 15.8. The topological polar surface area (TPSA) is 97.5 Å². The van der Waals surface area contributed by atoms with Crippen LogP contribution in [0.2, 0.25) is 0 Å². The molecule has 0 radical (unpaired) electrons. The lowest BCUT2D eigenvalue weighted by atomic mass is 10.1. The van der Waals surface area contributed by atoms with Crippen LogP contribution in [0.15, 0.2) is 5.51 Å². The van der Waals surface area contributed by atoms with E-state index in [0.717, 1.165) is 22.6 Å². The number of anilines is 2. The second-order valence-corrected chi connectivity index (χ2v) is 7.93. The zero-order chi connectivity index (χ0) is 18.2. The molecule has 1 aliphatic heterocycles. The van der Waals surface area contributed by atoms with Gasteiger partial charge in [-0.25, -0.2) is 14.8 Å². The minimum atomic E-state index is -0.496. The van der Waals surface area contributed by atoms with Gasteiger partial charge in [-0.15, -0.1) is 11.3 Å². The van der Waals surface area contributed by atoms with Crippen molar-refractivity contribution in [1.82, 2.24) is 19.9 Å². The van der Waals surface area contributed by atoms with Crippen molar-refractivity contribution in [2.24, 2.45) is 0 Å². The molecule has 8 nitrogen and oxygen atoms in total. The van der Waals surface area contributed by atoms with Gasteiger partial charge in [0.25, 0.3) is 0 Å². The van der Waals surface area contributed by atoms with Gasteiger partial charge in [0, 0.05) is 25.7 Å². The van der Waals surface area contributed by atoms with Crippen molar-refractivity contribution >= 4 is 39.5 Å². The highest BCUT2D eigenvalue weighted by molar-refractivity contribution is 7.16. The number of nitrogens with zero attached hydrogens (tertiary/aromatic N) is 5. The first-order valence-electron chi connectivity index (χ1n) is 8.39. The molecule has 0 unspecified atom stereocenters. The molecule has 1 atom stereocenters. The highest BCUT2D eigenvalue weighted by Crippen LogP contribution is 2.29. The predicted molar refractivity (Wildman–Crippen MR) is 98.9 cm³/mol. The summed E-state index contributed by atoms with van der Waals surface area (Å²) in [7, 11) is 0. The van der Waals surface area contributed by atoms with Crippen LogP contribution in [0.25, 0.3) is 10.3 Å². The van der Waals surface area contributed by atoms with Crippen LogP contribution in [0, 0.1) is 0 Å². The van der Waals surface area contributed by atoms with Gasteiger partial charge in [-0.2, -0.15) is 4.98 Å². The fraction of sp³-hybridized carbons (Fsp3) is 0.625. The number of carbonyl (C=O) groups excluding carboxylic acids is 1. The Labute approximate surface area is 151 Å². The first kappa shape index (κ1) is 17.7. The molecule has 0 aromatic carbocycles. The molecule has 0 saturated carbocycles. The SMILES string of the molecule is CC[C@H]1CN(C(=O)OC(C)(C)C)CCN1c1nc(N)nc2scnc12. The lowest BCUT2D eigenvalue weighted by Crippen LogP contribution is -2.55. The summed E-state index contributed by atoms with van der Waals surface area (Å²) >= 11 is 1.45. The molecule has 3 heterocycles. The Hall–Kier alpha value is -2.16. The Bertz CT molecular complexity index is 772. The highest BCUT2D eigenvalue weighted by Gasteiger charge is 2.33. The molecule has 0 spiro atoms. The second kappa shape index (κ2) is 6.62. The molecule has 2 aromatic rings. The minimum absolute atomic E-state index is 0.125. The van der Waals surface area contributed by atoms with Gasteiger partial charge in [0.1, 0.15) is 11.1 Å². The maximum Gasteiger partial charge on any atom is 0.410 e. The standard InChI is InChI=1S/C16H24N6O2S/c1-5-10-8-21(15(23)24-16(2,3)4)6-7-22(10)12-11-13(25-9-18-11)20-14(17)19-12/h9-10H,5-8H2,1-4H3,(H2,17,19,20)/t10-/m0/s1. The van der Waals surface area contributed by atoms with Crippen molar-refractivity contribution in [3.63, 3.8) is 0 Å². The van der Waals surface area contributed by atoms with Gasteiger partial charge >= 0.3 is 6.09 Å². The third kappa shape index (κ3) is 3.76. The van der Waals surface area contributed by atoms with E-state index >= 15 is 0 Å². The average Bonchev–Trinajstić information content (AvgIpc) is 3.00. The van der Waals surface area contributed by atoms with E-state index in [-0.39, 0.29) is 18.1 Å². The fourth-order valence-electron chi connectivity index (χ4n) is 2.94. The number of nitrogen functional groups attached to an aromatic ring is 1. The molecule has 2 aromatic heterocycles. The van der Waals surface area contributed by atoms with Crippen molar-refractivity contribution in [3.05, 3.63) is 5.51 Å². The second-order valence-electron chi connectivity index (χ2n) is 7.09. The van der Waals surface area contributed by atoms with Gasteiger partial charge in [-0.05, 0) is 27.2 Å². The number of ether oxygens (including phenoxy) is 1. The van der Waals surface area contributed by atoms with E-state index in [9.17, 15) is 4.79 Å². The molecule has 1 fully saturated rings. The van der Waals surface area contributed by atoms with Crippen LogP contribution in [-0.2, 0) is 4.74 Å². The number of aromatic nitrogens is 3. The molecule has 1 saturated heterocycles. The average molecular weight is 364 g/mol. The van der Waals surface area contributed by atoms with Crippen LogP contribution in [0.3, 0.4) is 0 Å². The predicted octanol–water partition coefficient (Wildman–Crippen LogP) is 2.50. The molecular formula is C16H24N6O2S. The zero-order valence-electron chi connectivity index (χ0n) is 15.0. The van der Waals surface area contributed by atoms with Crippen LogP contribution in [0.1, 0.15) is 34.1 Å². The number of piperazine rings is 1. The van der Waals surface area contributed by atoms with E-state index in [0.29, 0.717) is 19.6 Å². The number of carbonyl (C=O) groups is 1. The minimum Gasteiger partial charge on any atom is -0.444 e. The maximum atomic E-state index is 12.4. The van der Waals surface area contributed by atoms with Gasteiger partial charge in [0.05, 0.1) is 5.51 Å². The highest BCUT2D eigenvalue weighted by atomic mass is 32.1. The van der Waals surface area contributed by atoms with Crippen LogP contribution in [0.5, 0.6) is 0 Å². The number of fused-ring (bicyclic) bond motifs is 1. The summed E-state index contributed by atoms with van der Waals surface area (Å²) in [6.45, 7) is 9.53. The van der Waals surface area contributed by atoms with Crippen LogP contribution < -0.4 is 10.6 Å². The number of hydrogen-bond acceptors (Lipinski definition) is 8. The first-order valence-corrected chi connectivity index (χ1v) is 9.27. The molecule has 9 heteroatoms. The first-order chi connectivity index (χ1) is 11.8. The van der Waals surface area contributed by atoms with E-state index < -0.39 is 5.60 Å². The molecule has 1 amide bonds. The molecule has 136 valence electrons. The van der Waals surface area contributed by atoms with Gasteiger partial charge in [0.2, 0.25) is 5.95 Å². The summed E-state index contributed by atoms with van der Waals surface area (Å²) in [6.07, 6.45) is 0.598. The van der Waals surface area contributed by atoms with Crippen LogP contribution in [0.4, 0.5) is 16.6 Å². The summed E-state index contributed by atoms with van der Waals surface area (Å²) in [6, 6.07) is 0.125. The lowest BCUT2D eigenvalue weighted by molar-refractivity contribution is 0.0213. The molecule has 2 N–H and O–H groups in total. The number of hydrogen-bond donors (Lipinski definition) is 1. The smallest absolute Gasteiger partial charge is 0.410 e. The van der Waals surface area contributed by atoms with Crippen LogP contribution in [-0.4, -0.2) is 57.2 Å². The van der Waals surface area contributed by atoms with Gasteiger partial charge < -0.3 is 20.3 Å². The number of nitrogens with two attached hydrogens (primary N) is 1. The Balaban J connectivity index is 1.83. The fourth-order valence-corrected chi connectivity index (χ4v) is 3.60. The van der Waals surface area contributed by atoms with Gasteiger partial charge in [-0.1, -0.05) is 6.92 Å². The molecule has 25 heavy (non-hydrogen) atoms. The summed E-state index contributed by atoms with van der Waals surface area (Å²) in [5.41, 5.74) is 7.89. The number of thiazole rings is 1. The van der Waals surface area contributed by atoms with Crippen molar-refractivity contribution in [2.45, 2.75) is 45.8 Å². The Kier molecular flexibility index (Phi) is 4.68. The normalized spacial score (nSPS) is 18.6. The van der Waals surface area contributed by atoms with Crippen LogP contribution >= 0.6 is 11.3 Å². The third-order valence-electron chi connectivity index (χ3n) is 4.07. The molecular weight excluding hydrogens is 340 g/mol. The largest absolute Gasteiger partial charge is 0.444 e. The van der Waals surface area contributed by atoms with E-state index in [1.165, 1.54) is 11.3 Å². The van der Waals surface area contributed by atoms with Crippen molar-refractivity contribution in [3.8, 4) is 0 Å². The summed E-state index contributed by atoms with van der Waals surface area (Å²) in [5, 5.41) is 0. The summed E-state index contributed by atoms with van der Waals surface area (Å²) < 4.78 is 5.50. The number of rotatable bonds is 2. The number of amides is 1.